The highest BCUT2D eigenvalue weighted by atomic mass is 16.3. The number of hydrogen-bond acceptors (Lipinski definition) is 3. The van der Waals surface area contributed by atoms with Crippen molar-refractivity contribution in [3.8, 4) is 0 Å². The van der Waals surface area contributed by atoms with Gasteiger partial charge in [0.25, 0.3) is 0 Å². The molecule has 27 heavy (non-hydrogen) atoms. The molecule has 0 unspecified atom stereocenters. The van der Waals surface area contributed by atoms with E-state index in [2.05, 4.69) is 10.6 Å². The van der Waals surface area contributed by atoms with Crippen molar-refractivity contribution in [2.45, 2.75) is 33.6 Å². The molecule has 0 aliphatic heterocycles. The molecule has 0 radical (unpaired) electrons. The first-order chi connectivity index (χ1) is 12.9. The zero-order valence-corrected chi connectivity index (χ0v) is 15.9. The molecule has 3 rings (SSSR count). The third kappa shape index (κ3) is 4.76. The number of hydrogen-bond donors (Lipinski definition) is 2. The molecule has 3 aromatic rings. The third-order valence-electron chi connectivity index (χ3n) is 4.60. The summed E-state index contributed by atoms with van der Waals surface area (Å²) in [7, 11) is 0. The van der Waals surface area contributed by atoms with Gasteiger partial charge in [0.2, 0.25) is 11.8 Å². The van der Waals surface area contributed by atoms with Crippen LogP contribution < -0.4 is 10.6 Å². The lowest BCUT2D eigenvalue weighted by molar-refractivity contribution is -0.120. The van der Waals surface area contributed by atoms with Crippen molar-refractivity contribution in [3.05, 3.63) is 64.9 Å². The molecule has 0 atom stereocenters. The number of carbonyl (C=O) groups is 2. The second-order valence-electron chi connectivity index (χ2n) is 6.89. The predicted molar refractivity (Wildman–Crippen MR) is 107 cm³/mol. The smallest absolute Gasteiger partial charge is 0.226 e. The monoisotopic (exact) mass is 364 g/mol. The molecular weight excluding hydrogens is 340 g/mol. The molecule has 2 amide bonds. The number of benzene rings is 2. The summed E-state index contributed by atoms with van der Waals surface area (Å²) in [5.41, 5.74) is 5.82. The molecule has 5 nitrogen and oxygen atoms in total. The zero-order valence-electron chi connectivity index (χ0n) is 15.9. The molecule has 2 N–H and O–H groups in total. The van der Waals surface area contributed by atoms with Crippen molar-refractivity contribution in [3.63, 3.8) is 0 Å². The molecular formula is C22H24N2O3. The minimum Gasteiger partial charge on any atom is -0.464 e. The highest BCUT2D eigenvalue weighted by Crippen LogP contribution is 2.25. The number of nitrogens with one attached hydrogen (secondary N) is 2. The Morgan fingerprint density at radius 3 is 2.56 bits per heavy atom. The van der Waals surface area contributed by atoms with Crippen molar-refractivity contribution in [2.75, 3.05) is 11.9 Å². The van der Waals surface area contributed by atoms with Crippen molar-refractivity contribution in [2.24, 2.45) is 0 Å². The zero-order chi connectivity index (χ0) is 19.4. The maximum Gasteiger partial charge on any atom is 0.226 e. The van der Waals surface area contributed by atoms with Gasteiger partial charge in [-0.2, -0.15) is 0 Å². The average Bonchev–Trinajstić information content (AvgIpc) is 2.97. The van der Waals surface area contributed by atoms with Gasteiger partial charge in [0, 0.05) is 29.6 Å². The van der Waals surface area contributed by atoms with E-state index in [9.17, 15) is 9.59 Å². The van der Waals surface area contributed by atoms with Crippen LogP contribution in [0.2, 0.25) is 0 Å². The molecule has 5 heteroatoms. The molecule has 0 bridgehead atoms. The van der Waals surface area contributed by atoms with Gasteiger partial charge in [-0.3, -0.25) is 9.59 Å². The summed E-state index contributed by atoms with van der Waals surface area (Å²) >= 11 is 0. The fourth-order valence-electron chi connectivity index (χ4n) is 2.97. The molecule has 0 saturated carbocycles. The molecule has 1 aromatic heterocycles. The highest BCUT2D eigenvalue weighted by Gasteiger charge is 2.12. The second kappa shape index (κ2) is 8.08. The largest absolute Gasteiger partial charge is 0.464 e. The van der Waals surface area contributed by atoms with Crippen LogP contribution in [-0.4, -0.2) is 18.4 Å². The first-order valence-corrected chi connectivity index (χ1v) is 9.03. The Hall–Kier alpha value is -3.08. The van der Waals surface area contributed by atoms with Gasteiger partial charge in [0.15, 0.2) is 0 Å². The Bertz CT molecular complexity index is 988. The van der Waals surface area contributed by atoms with Gasteiger partial charge >= 0.3 is 0 Å². The normalized spacial score (nSPS) is 10.8. The van der Waals surface area contributed by atoms with Crippen molar-refractivity contribution >= 4 is 28.5 Å². The van der Waals surface area contributed by atoms with Gasteiger partial charge in [-0.05, 0) is 61.7 Å². The third-order valence-corrected chi connectivity index (χ3v) is 4.60. The fourth-order valence-corrected chi connectivity index (χ4v) is 2.97. The Balaban J connectivity index is 1.50. The lowest BCUT2D eigenvalue weighted by Gasteiger charge is -2.07. The highest BCUT2D eigenvalue weighted by molar-refractivity contribution is 5.92. The van der Waals surface area contributed by atoms with Crippen LogP contribution in [0, 0.1) is 20.8 Å². The topological polar surface area (TPSA) is 71.3 Å². The summed E-state index contributed by atoms with van der Waals surface area (Å²) in [6.45, 7) is 6.34. The first-order valence-electron chi connectivity index (χ1n) is 9.03. The molecule has 1 heterocycles. The van der Waals surface area contributed by atoms with Crippen molar-refractivity contribution in [1.29, 1.82) is 0 Å². The van der Waals surface area contributed by atoms with E-state index in [1.807, 2.05) is 57.2 Å². The Morgan fingerprint density at radius 2 is 1.78 bits per heavy atom. The lowest BCUT2D eigenvalue weighted by atomic mass is 10.0. The SMILES string of the molecule is Cc1cccc(NC(=O)CCNC(=O)Cc2coc3cc(C)c(C)cc23)c1. The Labute approximate surface area is 158 Å². The maximum absolute atomic E-state index is 12.2. The number of carbonyl (C=O) groups excluding carboxylic acids is 2. The Morgan fingerprint density at radius 1 is 1.00 bits per heavy atom. The predicted octanol–water partition coefficient (Wildman–Crippen LogP) is 4.05. The molecule has 140 valence electrons. The first kappa shape index (κ1) is 18.7. The van der Waals surface area contributed by atoms with Gasteiger partial charge in [-0.25, -0.2) is 0 Å². The van der Waals surface area contributed by atoms with E-state index < -0.39 is 0 Å². The van der Waals surface area contributed by atoms with Crippen LogP contribution >= 0.6 is 0 Å². The van der Waals surface area contributed by atoms with Gasteiger partial charge in [-0.15, -0.1) is 0 Å². The molecule has 0 fully saturated rings. The number of aryl methyl sites for hydroxylation is 3. The van der Waals surface area contributed by atoms with E-state index in [0.29, 0.717) is 6.54 Å². The summed E-state index contributed by atoms with van der Waals surface area (Å²) in [6, 6.07) is 11.7. The van der Waals surface area contributed by atoms with Crippen LogP contribution in [0.3, 0.4) is 0 Å². The minimum atomic E-state index is -0.126. The Kier molecular flexibility index (Phi) is 5.60. The molecule has 0 aliphatic carbocycles. The summed E-state index contributed by atoms with van der Waals surface area (Å²) in [4.78, 5) is 24.2. The average molecular weight is 364 g/mol. The lowest BCUT2D eigenvalue weighted by Crippen LogP contribution is -2.28. The fraction of sp³-hybridized carbons (Fsp3) is 0.273. The van der Waals surface area contributed by atoms with Crippen LogP contribution in [0.5, 0.6) is 0 Å². The molecule has 0 aliphatic rings. The number of fused-ring (bicyclic) bond motifs is 1. The van der Waals surface area contributed by atoms with Crippen LogP contribution in [0.25, 0.3) is 11.0 Å². The van der Waals surface area contributed by atoms with Crippen LogP contribution in [-0.2, 0) is 16.0 Å². The van der Waals surface area contributed by atoms with E-state index in [1.54, 1.807) is 6.26 Å². The summed E-state index contributed by atoms with van der Waals surface area (Å²) in [5.74, 6) is -0.250. The van der Waals surface area contributed by atoms with Crippen LogP contribution in [0.1, 0.15) is 28.7 Å². The van der Waals surface area contributed by atoms with Crippen molar-refractivity contribution in [1.82, 2.24) is 5.32 Å². The van der Waals surface area contributed by atoms with Gasteiger partial charge in [0.1, 0.15) is 5.58 Å². The standard InChI is InChI=1S/C22H24N2O3/c1-14-5-4-6-18(9-14)24-21(25)7-8-23-22(26)12-17-13-27-20-11-16(3)15(2)10-19(17)20/h4-6,9-11,13H,7-8,12H2,1-3H3,(H,23,26)(H,24,25). The van der Waals surface area contributed by atoms with E-state index in [-0.39, 0.29) is 24.7 Å². The number of furan rings is 1. The van der Waals surface area contributed by atoms with Crippen LogP contribution in [0.15, 0.2) is 47.1 Å². The van der Waals surface area contributed by atoms with E-state index in [0.717, 1.165) is 33.3 Å². The summed E-state index contributed by atoms with van der Waals surface area (Å²) in [6.07, 6.45) is 2.09. The molecule has 2 aromatic carbocycles. The van der Waals surface area contributed by atoms with Crippen molar-refractivity contribution < 1.29 is 14.0 Å². The number of amides is 2. The number of rotatable bonds is 6. The molecule has 0 spiro atoms. The van der Waals surface area contributed by atoms with E-state index >= 15 is 0 Å². The minimum absolute atomic E-state index is 0.124. The van der Waals surface area contributed by atoms with Gasteiger partial charge < -0.3 is 15.1 Å². The number of anilines is 1. The summed E-state index contributed by atoms with van der Waals surface area (Å²) in [5, 5.41) is 6.59. The molecule has 0 saturated heterocycles. The van der Waals surface area contributed by atoms with E-state index in [1.165, 1.54) is 5.56 Å². The quantitative estimate of drug-likeness (QED) is 0.693. The summed E-state index contributed by atoms with van der Waals surface area (Å²) < 4.78 is 5.56. The second-order valence-corrected chi connectivity index (χ2v) is 6.89. The van der Waals surface area contributed by atoms with E-state index in [4.69, 9.17) is 4.42 Å². The van der Waals surface area contributed by atoms with Gasteiger partial charge in [0.05, 0.1) is 12.7 Å². The van der Waals surface area contributed by atoms with Crippen LogP contribution in [0.4, 0.5) is 5.69 Å². The van der Waals surface area contributed by atoms with Gasteiger partial charge in [-0.1, -0.05) is 12.1 Å². The maximum atomic E-state index is 12.2.